The molecule has 0 saturated heterocycles. The Labute approximate surface area is 112 Å². The van der Waals surface area contributed by atoms with E-state index >= 15 is 0 Å². The average Bonchev–Trinajstić information content (AvgIpc) is 3.10. The van der Waals surface area contributed by atoms with E-state index in [1.165, 1.54) is 0 Å². The standard InChI is InChI=1S/C13H9N3O2S/c14-11(17)8-3-5-9(6-4-8)13-15-12(16-18-13)10-2-1-7-19-10/h1-7H,(H2,14,17). The van der Waals surface area contributed by atoms with Crippen LogP contribution >= 0.6 is 11.3 Å². The molecule has 3 aromatic rings. The molecule has 0 bridgehead atoms. The summed E-state index contributed by atoms with van der Waals surface area (Å²) in [5, 5.41) is 5.88. The number of benzene rings is 1. The van der Waals surface area contributed by atoms with E-state index < -0.39 is 5.91 Å². The SMILES string of the molecule is NC(=O)c1ccc(-c2nc(-c3cccs3)no2)cc1. The highest BCUT2D eigenvalue weighted by molar-refractivity contribution is 7.13. The molecule has 94 valence electrons. The summed E-state index contributed by atoms with van der Waals surface area (Å²) in [5.74, 6) is 0.514. The van der Waals surface area contributed by atoms with E-state index in [9.17, 15) is 4.79 Å². The number of hydrogen-bond donors (Lipinski definition) is 1. The van der Waals surface area contributed by atoms with Gasteiger partial charge in [0.05, 0.1) is 4.88 Å². The molecule has 1 aromatic carbocycles. The molecule has 5 nitrogen and oxygen atoms in total. The van der Waals surface area contributed by atoms with E-state index in [1.54, 1.807) is 35.6 Å². The normalized spacial score (nSPS) is 10.5. The summed E-state index contributed by atoms with van der Waals surface area (Å²) in [7, 11) is 0. The molecule has 2 N–H and O–H groups in total. The molecule has 0 unspecified atom stereocenters. The predicted molar refractivity (Wildman–Crippen MR) is 71.6 cm³/mol. The fourth-order valence-electron chi connectivity index (χ4n) is 1.62. The molecule has 3 rings (SSSR count). The molecule has 2 aromatic heterocycles. The Morgan fingerprint density at radius 2 is 2.00 bits per heavy atom. The van der Waals surface area contributed by atoms with Crippen molar-refractivity contribution in [1.29, 1.82) is 0 Å². The van der Waals surface area contributed by atoms with Gasteiger partial charge in [0.15, 0.2) is 0 Å². The Balaban J connectivity index is 1.92. The van der Waals surface area contributed by atoms with Gasteiger partial charge in [-0.15, -0.1) is 11.3 Å². The summed E-state index contributed by atoms with van der Waals surface area (Å²) >= 11 is 1.54. The van der Waals surface area contributed by atoms with Gasteiger partial charge < -0.3 is 10.3 Å². The van der Waals surface area contributed by atoms with E-state index in [4.69, 9.17) is 10.3 Å². The molecule has 0 aliphatic heterocycles. The van der Waals surface area contributed by atoms with Crippen LogP contribution < -0.4 is 5.73 Å². The van der Waals surface area contributed by atoms with Crippen molar-refractivity contribution < 1.29 is 9.32 Å². The molecular weight excluding hydrogens is 262 g/mol. The lowest BCUT2D eigenvalue weighted by molar-refractivity contribution is 0.100. The summed E-state index contributed by atoms with van der Waals surface area (Å²) in [4.78, 5) is 16.2. The Morgan fingerprint density at radius 3 is 2.63 bits per heavy atom. The molecule has 6 heteroatoms. The topological polar surface area (TPSA) is 82.0 Å². The maximum atomic E-state index is 11.0. The Morgan fingerprint density at radius 1 is 1.21 bits per heavy atom. The third kappa shape index (κ3) is 2.25. The van der Waals surface area contributed by atoms with Crippen LogP contribution in [-0.4, -0.2) is 16.0 Å². The number of amides is 1. The van der Waals surface area contributed by atoms with Crippen molar-refractivity contribution in [3.8, 4) is 22.2 Å². The van der Waals surface area contributed by atoms with Gasteiger partial charge in [-0.1, -0.05) is 11.2 Å². The van der Waals surface area contributed by atoms with Crippen molar-refractivity contribution in [1.82, 2.24) is 10.1 Å². The first-order valence-electron chi connectivity index (χ1n) is 5.52. The Bertz CT molecular complexity index is 702. The number of hydrogen-bond acceptors (Lipinski definition) is 5. The summed E-state index contributed by atoms with van der Waals surface area (Å²) in [5.41, 5.74) is 6.38. The third-order valence-corrected chi connectivity index (χ3v) is 3.45. The van der Waals surface area contributed by atoms with Crippen LogP contribution in [0.3, 0.4) is 0 Å². The number of nitrogens with two attached hydrogens (primary N) is 1. The lowest BCUT2D eigenvalue weighted by atomic mass is 10.1. The van der Waals surface area contributed by atoms with Crippen LogP contribution in [0.2, 0.25) is 0 Å². The fraction of sp³-hybridized carbons (Fsp3) is 0. The van der Waals surface area contributed by atoms with Gasteiger partial charge in [-0.3, -0.25) is 4.79 Å². The van der Waals surface area contributed by atoms with Crippen molar-refractivity contribution in [3.63, 3.8) is 0 Å². The minimum atomic E-state index is -0.462. The first-order valence-corrected chi connectivity index (χ1v) is 6.40. The van der Waals surface area contributed by atoms with Crippen LogP contribution in [-0.2, 0) is 0 Å². The maximum Gasteiger partial charge on any atom is 0.258 e. The van der Waals surface area contributed by atoms with E-state index in [0.717, 1.165) is 10.4 Å². The van der Waals surface area contributed by atoms with Gasteiger partial charge in [0.1, 0.15) is 0 Å². The first-order chi connectivity index (χ1) is 9.24. The number of primary amides is 1. The molecule has 0 fully saturated rings. The van der Waals surface area contributed by atoms with Gasteiger partial charge in [-0.05, 0) is 35.7 Å². The molecule has 0 spiro atoms. The summed E-state index contributed by atoms with van der Waals surface area (Å²) in [6.45, 7) is 0. The van der Waals surface area contributed by atoms with Gasteiger partial charge in [-0.25, -0.2) is 0 Å². The van der Waals surface area contributed by atoms with Gasteiger partial charge in [-0.2, -0.15) is 4.98 Å². The second-order valence-corrected chi connectivity index (χ2v) is 4.79. The molecule has 0 saturated carbocycles. The zero-order valence-corrected chi connectivity index (χ0v) is 10.6. The monoisotopic (exact) mass is 271 g/mol. The van der Waals surface area contributed by atoms with Gasteiger partial charge in [0.25, 0.3) is 5.89 Å². The highest BCUT2D eigenvalue weighted by Crippen LogP contribution is 2.25. The predicted octanol–water partition coefficient (Wildman–Crippen LogP) is 2.56. The van der Waals surface area contributed by atoms with Crippen LogP contribution in [0, 0.1) is 0 Å². The fourth-order valence-corrected chi connectivity index (χ4v) is 2.27. The number of thiophene rings is 1. The number of rotatable bonds is 3. The zero-order valence-electron chi connectivity index (χ0n) is 9.74. The molecule has 0 radical (unpaired) electrons. The largest absolute Gasteiger partial charge is 0.366 e. The van der Waals surface area contributed by atoms with Crippen molar-refractivity contribution in [2.75, 3.05) is 0 Å². The average molecular weight is 271 g/mol. The van der Waals surface area contributed by atoms with Crippen LogP contribution in [0.25, 0.3) is 22.2 Å². The summed E-state index contributed by atoms with van der Waals surface area (Å²) in [6, 6.07) is 10.6. The molecule has 2 heterocycles. The highest BCUT2D eigenvalue weighted by atomic mass is 32.1. The number of carbonyl (C=O) groups excluding carboxylic acids is 1. The van der Waals surface area contributed by atoms with E-state index in [0.29, 0.717) is 17.3 Å². The van der Waals surface area contributed by atoms with Crippen molar-refractivity contribution in [3.05, 3.63) is 47.3 Å². The number of aromatic nitrogens is 2. The molecule has 19 heavy (non-hydrogen) atoms. The number of carbonyl (C=O) groups is 1. The molecular formula is C13H9N3O2S. The molecule has 0 aliphatic rings. The smallest absolute Gasteiger partial charge is 0.258 e. The summed E-state index contributed by atoms with van der Waals surface area (Å²) in [6.07, 6.45) is 0. The van der Waals surface area contributed by atoms with Crippen LogP contribution in [0.1, 0.15) is 10.4 Å². The van der Waals surface area contributed by atoms with Crippen molar-refractivity contribution >= 4 is 17.2 Å². The zero-order chi connectivity index (χ0) is 13.2. The van der Waals surface area contributed by atoms with Crippen LogP contribution in [0.5, 0.6) is 0 Å². The second-order valence-electron chi connectivity index (χ2n) is 3.84. The minimum absolute atomic E-state index is 0.416. The number of nitrogens with zero attached hydrogens (tertiary/aromatic N) is 2. The quantitative estimate of drug-likeness (QED) is 0.793. The Kier molecular flexibility index (Phi) is 2.85. The van der Waals surface area contributed by atoms with Crippen molar-refractivity contribution in [2.24, 2.45) is 5.73 Å². The second kappa shape index (κ2) is 4.66. The molecule has 0 atom stereocenters. The molecule has 0 aliphatic carbocycles. The lowest BCUT2D eigenvalue weighted by Gasteiger charge is -1.96. The van der Waals surface area contributed by atoms with Gasteiger partial charge in [0, 0.05) is 11.1 Å². The third-order valence-electron chi connectivity index (χ3n) is 2.58. The van der Waals surface area contributed by atoms with Gasteiger partial charge in [0.2, 0.25) is 11.7 Å². The first kappa shape index (κ1) is 11.6. The van der Waals surface area contributed by atoms with Crippen LogP contribution in [0.4, 0.5) is 0 Å². The van der Waals surface area contributed by atoms with Crippen LogP contribution in [0.15, 0.2) is 46.3 Å². The maximum absolute atomic E-state index is 11.0. The van der Waals surface area contributed by atoms with Gasteiger partial charge >= 0.3 is 0 Å². The molecule has 1 amide bonds. The minimum Gasteiger partial charge on any atom is -0.366 e. The van der Waals surface area contributed by atoms with E-state index in [-0.39, 0.29) is 0 Å². The lowest BCUT2D eigenvalue weighted by Crippen LogP contribution is -2.10. The van der Waals surface area contributed by atoms with E-state index in [2.05, 4.69) is 10.1 Å². The summed E-state index contributed by atoms with van der Waals surface area (Å²) < 4.78 is 5.20. The Hall–Kier alpha value is -2.47. The van der Waals surface area contributed by atoms with Crippen molar-refractivity contribution in [2.45, 2.75) is 0 Å². The highest BCUT2D eigenvalue weighted by Gasteiger charge is 2.11. The van der Waals surface area contributed by atoms with E-state index in [1.807, 2.05) is 17.5 Å².